The lowest BCUT2D eigenvalue weighted by Gasteiger charge is -2.10. The quantitative estimate of drug-likeness (QED) is 0.669. The molecule has 0 radical (unpaired) electrons. The number of ether oxygens (including phenoxy) is 1. The van der Waals surface area contributed by atoms with Gasteiger partial charge < -0.3 is 9.84 Å². The summed E-state index contributed by atoms with van der Waals surface area (Å²) in [7, 11) is 0. The molecule has 82 valence electrons. The van der Waals surface area contributed by atoms with E-state index in [0.717, 1.165) is 0 Å². The minimum Gasteiger partial charge on any atom is -0.505 e. The van der Waals surface area contributed by atoms with Crippen LogP contribution in [0.5, 0.6) is 11.5 Å². The van der Waals surface area contributed by atoms with E-state index in [9.17, 15) is 18.0 Å². The average Bonchev–Trinajstić information content (AvgIpc) is 2.08. The van der Waals surface area contributed by atoms with Gasteiger partial charge in [0, 0.05) is 6.07 Å². The van der Waals surface area contributed by atoms with Crippen LogP contribution in [-0.2, 0) is 0 Å². The lowest BCUT2D eigenvalue weighted by atomic mass is 10.3. The molecule has 8 heteroatoms. The standard InChI is InChI=1S/C7H3BrF3NO3/c8-6-4(14)1-5(3(2-13)12-6)15-7(9,10)11/h1-2,14H. The largest absolute Gasteiger partial charge is 0.573 e. The number of carbonyl (C=O) groups is 1. The summed E-state index contributed by atoms with van der Waals surface area (Å²) < 4.78 is 38.8. The Bertz CT molecular complexity index is 394. The van der Waals surface area contributed by atoms with Crippen LogP contribution in [0.2, 0.25) is 0 Å². The van der Waals surface area contributed by atoms with Gasteiger partial charge in [0.25, 0.3) is 0 Å². The van der Waals surface area contributed by atoms with Gasteiger partial charge in [0.15, 0.2) is 17.8 Å². The van der Waals surface area contributed by atoms with Crippen LogP contribution in [0, 0.1) is 0 Å². The van der Waals surface area contributed by atoms with Gasteiger partial charge in [-0.3, -0.25) is 4.79 Å². The summed E-state index contributed by atoms with van der Waals surface area (Å²) in [6.45, 7) is 0. The SMILES string of the molecule is O=Cc1nc(Br)c(O)cc1OC(F)(F)F. The van der Waals surface area contributed by atoms with Crippen molar-refractivity contribution in [3.63, 3.8) is 0 Å². The fraction of sp³-hybridized carbons (Fsp3) is 0.143. The van der Waals surface area contributed by atoms with Gasteiger partial charge in [-0.05, 0) is 15.9 Å². The summed E-state index contributed by atoms with van der Waals surface area (Å²) in [5.41, 5.74) is -0.558. The number of halogens is 4. The maximum atomic E-state index is 11.8. The molecular formula is C7H3BrF3NO3. The molecule has 1 N–H and O–H groups in total. The van der Waals surface area contributed by atoms with Crippen molar-refractivity contribution < 1.29 is 27.8 Å². The van der Waals surface area contributed by atoms with E-state index in [2.05, 4.69) is 25.7 Å². The summed E-state index contributed by atoms with van der Waals surface area (Å²) >= 11 is 2.74. The van der Waals surface area contributed by atoms with E-state index in [-0.39, 0.29) is 10.9 Å². The Labute approximate surface area is 89.8 Å². The maximum Gasteiger partial charge on any atom is 0.573 e. The van der Waals surface area contributed by atoms with Gasteiger partial charge in [-0.25, -0.2) is 4.98 Å². The molecule has 0 fully saturated rings. The number of alkyl halides is 3. The number of hydrogen-bond donors (Lipinski definition) is 1. The normalized spacial score (nSPS) is 11.2. The van der Waals surface area contributed by atoms with E-state index >= 15 is 0 Å². The summed E-state index contributed by atoms with van der Waals surface area (Å²) in [5, 5.41) is 9.04. The van der Waals surface area contributed by atoms with Gasteiger partial charge in [0.05, 0.1) is 0 Å². The van der Waals surface area contributed by atoms with Crippen LogP contribution in [0.25, 0.3) is 0 Å². The fourth-order valence-electron chi connectivity index (χ4n) is 0.767. The van der Waals surface area contributed by atoms with Crippen molar-refractivity contribution in [3.05, 3.63) is 16.4 Å². The summed E-state index contributed by atoms with van der Waals surface area (Å²) in [4.78, 5) is 13.7. The number of nitrogens with zero attached hydrogens (tertiary/aromatic N) is 1. The monoisotopic (exact) mass is 285 g/mol. The molecule has 1 rings (SSSR count). The minimum atomic E-state index is -4.94. The lowest BCUT2D eigenvalue weighted by Crippen LogP contribution is -2.18. The van der Waals surface area contributed by atoms with Gasteiger partial charge in [-0.2, -0.15) is 0 Å². The van der Waals surface area contributed by atoms with Crippen molar-refractivity contribution >= 4 is 22.2 Å². The van der Waals surface area contributed by atoms with E-state index < -0.39 is 23.6 Å². The summed E-state index contributed by atoms with van der Waals surface area (Å²) in [5.74, 6) is -1.40. The highest BCUT2D eigenvalue weighted by molar-refractivity contribution is 9.10. The molecule has 0 unspecified atom stereocenters. The molecule has 0 saturated heterocycles. The second-order valence-electron chi connectivity index (χ2n) is 2.35. The Kier molecular flexibility index (Phi) is 3.18. The van der Waals surface area contributed by atoms with E-state index in [1.807, 2.05) is 0 Å². The summed E-state index contributed by atoms with van der Waals surface area (Å²) in [6, 6.07) is 0.647. The molecule has 0 aliphatic carbocycles. The zero-order chi connectivity index (χ0) is 11.6. The van der Waals surface area contributed by atoms with Gasteiger partial charge in [0.1, 0.15) is 10.3 Å². The maximum absolute atomic E-state index is 11.8. The molecule has 15 heavy (non-hydrogen) atoms. The number of carbonyl (C=O) groups excluding carboxylic acids is 1. The van der Waals surface area contributed by atoms with Crippen LogP contribution < -0.4 is 4.74 Å². The van der Waals surface area contributed by atoms with Crippen LogP contribution in [-0.4, -0.2) is 22.7 Å². The van der Waals surface area contributed by atoms with Crippen molar-refractivity contribution in [1.29, 1.82) is 0 Å². The molecule has 0 aliphatic heterocycles. The second-order valence-corrected chi connectivity index (χ2v) is 3.10. The molecule has 0 bridgehead atoms. The van der Waals surface area contributed by atoms with Gasteiger partial charge >= 0.3 is 6.36 Å². The Morgan fingerprint density at radius 1 is 1.53 bits per heavy atom. The number of aromatic hydroxyl groups is 1. The zero-order valence-corrected chi connectivity index (χ0v) is 8.46. The number of aldehydes is 1. The highest BCUT2D eigenvalue weighted by Gasteiger charge is 2.32. The molecule has 0 amide bonds. The first-order valence-corrected chi connectivity index (χ1v) is 4.23. The Morgan fingerprint density at radius 3 is 2.60 bits per heavy atom. The smallest absolute Gasteiger partial charge is 0.505 e. The van der Waals surface area contributed by atoms with Gasteiger partial charge in [0.2, 0.25) is 0 Å². The molecular weight excluding hydrogens is 283 g/mol. The molecule has 0 atom stereocenters. The molecule has 1 heterocycles. The molecule has 0 saturated carbocycles. The lowest BCUT2D eigenvalue weighted by molar-refractivity contribution is -0.274. The van der Waals surface area contributed by atoms with Gasteiger partial charge in [-0.1, -0.05) is 0 Å². The van der Waals surface area contributed by atoms with E-state index in [4.69, 9.17) is 5.11 Å². The predicted molar refractivity (Wildman–Crippen MR) is 45.7 cm³/mol. The first kappa shape index (κ1) is 11.8. The fourth-order valence-corrected chi connectivity index (χ4v) is 1.07. The van der Waals surface area contributed by atoms with Crippen molar-refractivity contribution in [1.82, 2.24) is 4.98 Å². The molecule has 0 aliphatic rings. The van der Waals surface area contributed by atoms with E-state index in [1.54, 1.807) is 0 Å². The van der Waals surface area contributed by atoms with Crippen molar-refractivity contribution in [2.75, 3.05) is 0 Å². The molecule has 1 aromatic rings. The van der Waals surface area contributed by atoms with Crippen molar-refractivity contribution in [2.45, 2.75) is 6.36 Å². The molecule has 0 aromatic carbocycles. The molecule has 0 spiro atoms. The molecule has 4 nitrogen and oxygen atoms in total. The first-order chi connectivity index (χ1) is 6.83. The van der Waals surface area contributed by atoms with Crippen LogP contribution in [0.3, 0.4) is 0 Å². The highest BCUT2D eigenvalue weighted by atomic mass is 79.9. The second kappa shape index (κ2) is 4.05. The topological polar surface area (TPSA) is 59.4 Å². The number of hydrogen-bond acceptors (Lipinski definition) is 4. The number of aromatic nitrogens is 1. The third kappa shape index (κ3) is 3.08. The van der Waals surface area contributed by atoms with Crippen LogP contribution in [0.4, 0.5) is 13.2 Å². The third-order valence-corrected chi connectivity index (χ3v) is 1.87. The van der Waals surface area contributed by atoms with Crippen LogP contribution in [0.1, 0.15) is 10.5 Å². The van der Waals surface area contributed by atoms with E-state index in [0.29, 0.717) is 6.07 Å². The third-order valence-electron chi connectivity index (χ3n) is 1.29. The predicted octanol–water partition coefficient (Wildman–Crippen LogP) is 2.26. The van der Waals surface area contributed by atoms with Crippen LogP contribution >= 0.6 is 15.9 Å². The van der Waals surface area contributed by atoms with E-state index in [1.165, 1.54) is 0 Å². The highest BCUT2D eigenvalue weighted by Crippen LogP contribution is 2.31. The molecule has 1 aromatic heterocycles. The Morgan fingerprint density at radius 2 is 2.13 bits per heavy atom. The van der Waals surface area contributed by atoms with Crippen LogP contribution in [0.15, 0.2) is 10.7 Å². The van der Waals surface area contributed by atoms with Gasteiger partial charge in [-0.15, -0.1) is 13.2 Å². The Hall–Kier alpha value is -1.31. The summed E-state index contributed by atoms with van der Waals surface area (Å²) in [6.07, 6.45) is -4.86. The Balaban J connectivity index is 3.16. The minimum absolute atomic E-state index is 0.0886. The first-order valence-electron chi connectivity index (χ1n) is 3.44. The number of rotatable bonds is 2. The van der Waals surface area contributed by atoms with Crippen molar-refractivity contribution in [2.24, 2.45) is 0 Å². The zero-order valence-electron chi connectivity index (χ0n) is 6.88. The number of pyridine rings is 1. The van der Waals surface area contributed by atoms with Crippen molar-refractivity contribution in [3.8, 4) is 11.5 Å². The average molecular weight is 286 g/mol.